The van der Waals surface area contributed by atoms with Gasteiger partial charge in [-0.15, -0.1) is 11.3 Å². The zero-order chi connectivity index (χ0) is 26.7. The van der Waals surface area contributed by atoms with Crippen LogP contribution in [0.1, 0.15) is 52.6 Å². The highest BCUT2D eigenvalue weighted by Crippen LogP contribution is 2.33. The van der Waals surface area contributed by atoms with Gasteiger partial charge in [0.1, 0.15) is 0 Å². The molecule has 6 nitrogen and oxygen atoms in total. The number of fused-ring (bicyclic) bond motifs is 1. The zero-order valence-electron chi connectivity index (χ0n) is 21.8. The van der Waals surface area contributed by atoms with E-state index in [1.807, 2.05) is 18.2 Å². The van der Waals surface area contributed by atoms with E-state index >= 15 is 0 Å². The van der Waals surface area contributed by atoms with Crippen LogP contribution in [0.2, 0.25) is 0 Å². The number of ether oxygens (including phenoxy) is 1. The molecule has 1 saturated heterocycles. The van der Waals surface area contributed by atoms with Gasteiger partial charge in [-0.05, 0) is 46.9 Å². The Balaban J connectivity index is 1.26. The van der Waals surface area contributed by atoms with Gasteiger partial charge in [-0.2, -0.15) is 0 Å². The van der Waals surface area contributed by atoms with Crippen LogP contribution in [-0.2, 0) is 15.9 Å². The largest absolute Gasteiger partial charge is 0.378 e. The number of anilines is 1. The van der Waals surface area contributed by atoms with E-state index in [0.717, 1.165) is 20.3 Å². The van der Waals surface area contributed by atoms with Crippen LogP contribution in [0.25, 0.3) is 10.2 Å². The number of aromatic nitrogens is 1. The van der Waals surface area contributed by atoms with Crippen molar-refractivity contribution in [2.24, 2.45) is 0 Å². The second-order valence-electron chi connectivity index (χ2n) is 10.3. The van der Waals surface area contributed by atoms with Gasteiger partial charge in [-0.25, -0.2) is 4.98 Å². The first-order valence-corrected chi connectivity index (χ1v) is 14.5. The van der Waals surface area contributed by atoms with Gasteiger partial charge in [0.2, 0.25) is 0 Å². The molecule has 8 heteroatoms. The lowest BCUT2D eigenvalue weighted by Crippen LogP contribution is -2.41. The average molecular weight is 546 g/mol. The first-order valence-electron chi connectivity index (χ1n) is 12.7. The molecule has 1 aliphatic heterocycles. The molecule has 0 spiro atoms. The number of carbonyl (C=O) groups is 2. The molecule has 196 valence electrons. The highest BCUT2D eigenvalue weighted by molar-refractivity contribution is 8.00. The minimum absolute atomic E-state index is 0.145. The fourth-order valence-corrected chi connectivity index (χ4v) is 6.36. The van der Waals surface area contributed by atoms with Crippen molar-refractivity contribution < 1.29 is 14.3 Å². The molecule has 0 saturated carbocycles. The highest BCUT2D eigenvalue weighted by atomic mass is 32.2. The van der Waals surface area contributed by atoms with Crippen molar-refractivity contribution in [1.29, 1.82) is 0 Å². The lowest BCUT2D eigenvalue weighted by atomic mass is 9.87. The summed E-state index contributed by atoms with van der Waals surface area (Å²) in [5, 5.41) is 2.97. The standard InChI is InChI=1S/C30H31N3O3S2/c1-30(2,3)21-10-8-20(9-11-21)19-37-29-32-25-13-12-22(18-26(25)38-29)31-27(34)23-6-4-5-7-24(23)28(35)33-14-16-36-17-15-33/h4-13,18H,14-17,19H2,1-3H3,(H,31,34). The van der Waals surface area contributed by atoms with Crippen LogP contribution >= 0.6 is 23.1 Å². The third-order valence-electron chi connectivity index (χ3n) is 6.51. The van der Waals surface area contributed by atoms with E-state index in [-0.39, 0.29) is 17.2 Å². The highest BCUT2D eigenvalue weighted by Gasteiger charge is 2.23. The second-order valence-corrected chi connectivity index (χ2v) is 12.6. The molecule has 4 aromatic rings. The number of carbonyl (C=O) groups excluding carboxylic acids is 2. The fourth-order valence-electron chi connectivity index (χ4n) is 4.29. The molecule has 2 heterocycles. The smallest absolute Gasteiger partial charge is 0.256 e. The quantitative estimate of drug-likeness (QED) is 0.276. The Bertz CT molecular complexity index is 1450. The van der Waals surface area contributed by atoms with Gasteiger partial charge in [0.15, 0.2) is 4.34 Å². The molecule has 0 atom stereocenters. The molecule has 1 aliphatic rings. The van der Waals surface area contributed by atoms with Crippen molar-refractivity contribution in [2.45, 2.75) is 36.3 Å². The Morgan fingerprint density at radius 3 is 2.42 bits per heavy atom. The van der Waals surface area contributed by atoms with E-state index < -0.39 is 0 Å². The van der Waals surface area contributed by atoms with Gasteiger partial charge in [-0.1, -0.05) is 68.9 Å². The first-order chi connectivity index (χ1) is 18.3. The number of nitrogens with one attached hydrogen (secondary N) is 1. The molecule has 0 unspecified atom stereocenters. The number of amides is 2. The SMILES string of the molecule is CC(C)(C)c1ccc(CSc2nc3ccc(NC(=O)c4ccccc4C(=O)N4CCOCC4)cc3s2)cc1. The lowest BCUT2D eigenvalue weighted by molar-refractivity contribution is 0.0302. The summed E-state index contributed by atoms with van der Waals surface area (Å²) in [6.45, 7) is 8.74. The minimum Gasteiger partial charge on any atom is -0.378 e. The van der Waals surface area contributed by atoms with Crippen molar-refractivity contribution in [1.82, 2.24) is 9.88 Å². The Kier molecular flexibility index (Phi) is 7.83. The molecule has 0 radical (unpaired) electrons. The van der Waals surface area contributed by atoms with Crippen LogP contribution in [-0.4, -0.2) is 48.0 Å². The predicted molar refractivity (Wildman–Crippen MR) is 155 cm³/mol. The number of thiazole rings is 1. The van der Waals surface area contributed by atoms with E-state index in [4.69, 9.17) is 9.72 Å². The van der Waals surface area contributed by atoms with Crippen LogP contribution in [0.4, 0.5) is 5.69 Å². The number of hydrogen-bond donors (Lipinski definition) is 1. The molecular formula is C30H31N3O3S2. The van der Waals surface area contributed by atoms with E-state index in [1.165, 1.54) is 11.1 Å². The monoisotopic (exact) mass is 545 g/mol. The van der Waals surface area contributed by atoms with E-state index in [9.17, 15) is 9.59 Å². The molecular weight excluding hydrogens is 514 g/mol. The number of rotatable bonds is 6. The first kappa shape index (κ1) is 26.4. The number of thioether (sulfide) groups is 1. The fraction of sp³-hybridized carbons (Fsp3) is 0.300. The third-order valence-corrected chi connectivity index (χ3v) is 8.74. The summed E-state index contributed by atoms with van der Waals surface area (Å²) in [7, 11) is 0. The maximum Gasteiger partial charge on any atom is 0.256 e. The summed E-state index contributed by atoms with van der Waals surface area (Å²) < 4.78 is 7.35. The number of morpholine rings is 1. The summed E-state index contributed by atoms with van der Waals surface area (Å²) in [5.41, 5.74) is 5.08. The van der Waals surface area contributed by atoms with Gasteiger partial charge in [0.05, 0.1) is 34.6 Å². The summed E-state index contributed by atoms with van der Waals surface area (Å²) in [4.78, 5) is 32.7. The number of hydrogen-bond acceptors (Lipinski definition) is 6. The topological polar surface area (TPSA) is 71.5 Å². The average Bonchev–Trinajstić information content (AvgIpc) is 3.34. The second kappa shape index (κ2) is 11.3. The molecule has 2 amide bonds. The maximum atomic E-state index is 13.2. The summed E-state index contributed by atoms with van der Waals surface area (Å²) in [5.74, 6) is 0.396. The Labute approximate surface area is 231 Å². The van der Waals surface area contributed by atoms with Gasteiger partial charge in [0.25, 0.3) is 11.8 Å². The molecule has 1 N–H and O–H groups in total. The summed E-state index contributed by atoms with van der Waals surface area (Å²) >= 11 is 3.33. The van der Waals surface area contributed by atoms with Gasteiger partial charge >= 0.3 is 0 Å². The molecule has 3 aromatic carbocycles. The molecule has 0 aliphatic carbocycles. The number of nitrogens with zero attached hydrogens (tertiary/aromatic N) is 2. The lowest BCUT2D eigenvalue weighted by Gasteiger charge is -2.27. The molecule has 0 bridgehead atoms. The van der Waals surface area contributed by atoms with Crippen LogP contribution in [0.3, 0.4) is 0 Å². The van der Waals surface area contributed by atoms with Crippen LogP contribution in [0.5, 0.6) is 0 Å². The molecule has 1 fully saturated rings. The Morgan fingerprint density at radius 2 is 1.71 bits per heavy atom. The summed E-state index contributed by atoms with van der Waals surface area (Å²) in [6, 6.07) is 21.5. The normalized spacial score (nSPS) is 14.0. The van der Waals surface area contributed by atoms with E-state index in [2.05, 4.69) is 50.4 Å². The van der Waals surface area contributed by atoms with Crippen LogP contribution in [0.15, 0.2) is 71.1 Å². The van der Waals surface area contributed by atoms with Crippen molar-refractivity contribution in [3.8, 4) is 0 Å². The Morgan fingerprint density at radius 1 is 1.00 bits per heavy atom. The third kappa shape index (κ3) is 6.09. The molecule has 5 rings (SSSR count). The Hall–Kier alpha value is -3.20. The maximum absolute atomic E-state index is 13.2. The van der Waals surface area contributed by atoms with Crippen LogP contribution < -0.4 is 5.32 Å². The van der Waals surface area contributed by atoms with Crippen molar-refractivity contribution in [3.05, 3.63) is 89.0 Å². The molecule has 1 aromatic heterocycles. The predicted octanol–water partition coefficient (Wildman–Crippen LogP) is 6.61. The van der Waals surface area contributed by atoms with Gasteiger partial charge < -0.3 is 15.0 Å². The van der Waals surface area contributed by atoms with E-state index in [1.54, 1.807) is 52.3 Å². The van der Waals surface area contributed by atoms with Crippen LogP contribution in [0, 0.1) is 0 Å². The molecule has 38 heavy (non-hydrogen) atoms. The van der Waals surface area contributed by atoms with E-state index in [0.29, 0.717) is 43.1 Å². The van der Waals surface area contributed by atoms with Crippen molar-refractivity contribution in [2.75, 3.05) is 31.6 Å². The zero-order valence-corrected chi connectivity index (χ0v) is 23.5. The summed E-state index contributed by atoms with van der Waals surface area (Å²) in [6.07, 6.45) is 0. The minimum atomic E-state index is -0.306. The van der Waals surface area contributed by atoms with Crippen molar-refractivity contribution >= 4 is 50.8 Å². The van der Waals surface area contributed by atoms with Gasteiger partial charge in [-0.3, -0.25) is 9.59 Å². The van der Waals surface area contributed by atoms with Gasteiger partial charge in [0, 0.05) is 24.5 Å². The van der Waals surface area contributed by atoms with Crippen molar-refractivity contribution in [3.63, 3.8) is 0 Å². The number of benzene rings is 3.